The molecule has 9 nitrogen and oxygen atoms in total. The maximum atomic E-state index is 11.6. The lowest BCUT2D eigenvalue weighted by atomic mass is 10.2. The number of anilines is 1. The van der Waals surface area contributed by atoms with Gasteiger partial charge in [0.2, 0.25) is 0 Å². The average Bonchev–Trinajstić information content (AvgIpc) is 2.67. The lowest BCUT2D eigenvalue weighted by Crippen LogP contribution is -2.42. The molecule has 164 valence electrons. The van der Waals surface area contributed by atoms with E-state index < -0.39 is 11.7 Å². The maximum Gasteiger partial charge on any atom is 0.407 e. The van der Waals surface area contributed by atoms with Crippen LogP contribution in [-0.4, -0.2) is 69.1 Å². The van der Waals surface area contributed by atoms with Crippen molar-refractivity contribution in [1.29, 1.82) is 0 Å². The van der Waals surface area contributed by atoms with Crippen LogP contribution in [0.25, 0.3) is 0 Å². The van der Waals surface area contributed by atoms with Crippen molar-refractivity contribution in [1.82, 2.24) is 20.9 Å². The Hall–Kier alpha value is -1.82. The van der Waals surface area contributed by atoms with Crippen LogP contribution in [0.15, 0.2) is 23.3 Å². The van der Waals surface area contributed by atoms with Gasteiger partial charge < -0.3 is 30.3 Å². The molecule has 0 bridgehead atoms. The van der Waals surface area contributed by atoms with E-state index in [1.54, 1.807) is 7.05 Å². The molecule has 3 N–H and O–H groups in total. The predicted molar refractivity (Wildman–Crippen MR) is 125 cm³/mol. The zero-order valence-corrected chi connectivity index (χ0v) is 20.0. The SMILES string of the molecule is CN=C(NCCNC(=O)OC(C)(C)C)NCc1cccnc1N1CCOCC1.I. The van der Waals surface area contributed by atoms with Crippen molar-refractivity contribution in [2.75, 3.05) is 51.3 Å². The Labute approximate surface area is 190 Å². The third-order valence-corrected chi connectivity index (χ3v) is 3.93. The number of rotatable bonds is 6. The van der Waals surface area contributed by atoms with Crippen LogP contribution in [0.1, 0.15) is 26.3 Å². The van der Waals surface area contributed by atoms with Gasteiger partial charge in [-0.3, -0.25) is 4.99 Å². The molecule has 0 aliphatic carbocycles. The highest BCUT2D eigenvalue weighted by molar-refractivity contribution is 14.0. The largest absolute Gasteiger partial charge is 0.444 e. The van der Waals surface area contributed by atoms with Crippen molar-refractivity contribution >= 4 is 41.8 Å². The molecular weight excluding hydrogens is 487 g/mol. The Morgan fingerprint density at radius 2 is 1.93 bits per heavy atom. The maximum absolute atomic E-state index is 11.6. The van der Waals surface area contributed by atoms with E-state index in [1.165, 1.54) is 0 Å². The molecular formula is C19H33IN6O3. The van der Waals surface area contributed by atoms with E-state index in [4.69, 9.17) is 9.47 Å². The monoisotopic (exact) mass is 520 g/mol. The molecule has 1 amide bonds. The molecule has 1 saturated heterocycles. The van der Waals surface area contributed by atoms with Gasteiger partial charge in [-0.2, -0.15) is 0 Å². The number of aliphatic imine (C=N–C) groups is 1. The number of alkyl carbamates (subject to hydrolysis) is 1. The molecule has 0 aromatic carbocycles. The summed E-state index contributed by atoms with van der Waals surface area (Å²) >= 11 is 0. The third-order valence-electron chi connectivity index (χ3n) is 3.93. The number of morpholine rings is 1. The summed E-state index contributed by atoms with van der Waals surface area (Å²) in [7, 11) is 1.71. The minimum atomic E-state index is -0.503. The van der Waals surface area contributed by atoms with Crippen LogP contribution in [0, 0.1) is 0 Å². The molecule has 1 fully saturated rings. The van der Waals surface area contributed by atoms with Crippen LogP contribution in [-0.2, 0) is 16.0 Å². The first-order valence-electron chi connectivity index (χ1n) is 9.57. The summed E-state index contributed by atoms with van der Waals surface area (Å²) in [6.45, 7) is 10.2. The van der Waals surface area contributed by atoms with E-state index in [1.807, 2.05) is 33.0 Å². The minimum absolute atomic E-state index is 0. The third kappa shape index (κ3) is 9.48. The lowest BCUT2D eigenvalue weighted by molar-refractivity contribution is 0.0529. The summed E-state index contributed by atoms with van der Waals surface area (Å²) in [6, 6.07) is 3.99. The molecule has 1 aromatic heterocycles. The van der Waals surface area contributed by atoms with Gasteiger partial charge in [-0.25, -0.2) is 9.78 Å². The smallest absolute Gasteiger partial charge is 0.407 e. The van der Waals surface area contributed by atoms with Crippen LogP contribution >= 0.6 is 24.0 Å². The summed E-state index contributed by atoms with van der Waals surface area (Å²) < 4.78 is 10.6. The van der Waals surface area contributed by atoms with Gasteiger partial charge in [-0.1, -0.05) is 6.07 Å². The van der Waals surface area contributed by atoms with Crippen LogP contribution in [0.5, 0.6) is 0 Å². The fourth-order valence-electron chi connectivity index (χ4n) is 2.69. The number of nitrogens with one attached hydrogen (secondary N) is 3. The molecule has 2 rings (SSSR count). The molecule has 0 unspecified atom stereocenters. The highest BCUT2D eigenvalue weighted by atomic mass is 127. The number of guanidine groups is 1. The fraction of sp³-hybridized carbons (Fsp3) is 0.632. The van der Waals surface area contributed by atoms with Crippen molar-refractivity contribution in [2.45, 2.75) is 32.9 Å². The first kappa shape index (κ1) is 25.2. The topological polar surface area (TPSA) is 100 Å². The van der Waals surface area contributed by atoms with Crippen LogP contribution in [0.3, 0.4) is 0 Å². The van der Waals surface area contributed by atoms with Crippen LogP contribution in [0.2, 0.25) is 0 Å². The van der Waals surface area contributed by atoms with Gasteiger partial charge in [0, 0.05) is 51.5 Å². The van der Waals surface area contributed by atoms with E-state index in [2.05, 4.69) is 36.9 Å². The summed E-state index contributed by atoms with van der Waals surface area (Å²) in [5, 5.41) is 9.17. The second-order valence-corrected chi connectivity index (χ2v) is 7.37. The molecule has 2 heterocycles. The van der Waals surface area contributed by atoms with Crippen molar-refractivity contribution in [2.24, 2.45) is 4.99 Å². The Balaban J connectivity index is 0.00000420. The van der Waals surface area contributed by atoms with Crippen LogP contribution in [0.4, 0.5) is 10.6 Å². The number of aromatic nitrogens is 1. The first-order chi connectivity index (χ1) is 13.4. The predicted octanol–water partition coefficient (Wildman–Crippen LogP) is 1.73. The second kappa shape index (κ2) is 12.7. The van der Waals surface area contributed by atoms with Gasteiger partial charge in [-0.05, 0) is 26.8 Å². The van der Waals surface area contributed by atoms with Gasteiger partial charge in [0.15, 0.2) is 5.96 Å². The summed E-state index contributed by atoms with van der Waals surface area (Å²) in [5.41, 5.74) is 0.594. The van der Waals surface area contributed by atoms with Crippen molar-refractivity contribution in [3.63, 3.8) is 0 Å². The quantitative estimate of drug-likeness (QED) is 0.227. The first-order valence-corrected chi connectivity index (χ1v) is 9.57. The number of ether oxygens (including phenoxy) is 2. The standard InChI is InChI=1S/C19H32N6O3.HI/c1-19(2,3)28-18(26)23-9-8-22-17(20-4)24-14-15-6-5-7-21-16(15)25-10-12-27-13-11-25;/h5-7H,8-14H2,1-4H3,(H,23,26)(H2,20,22,24);1H. The number of carbonyl (C=O) groups excluding carboxylic acids is 1. The summed E-state index contributed by atoms with van der Waals surface area (Å²) in [4.78, 5) is 22.6. The molecule has 1 aliphatic rings. The average molecular weight is 520 g/mol. The number of nitrogens with zero attached hydrogens (tertiary/aromatic N) is 3. The minimum Gasteiger partial charge on any atom is -0.444 e. The molecule has 0 spiro atoms. The Bertz CT molecular complexity index is 660. The van der Waals surface area contributed by atoms with Crippen molar-refractivity contribution < 1.29 is 14.3 Å². The molecule has 0 radical (unpaired) electrons. The van der Waals surface area contributed by atoms with E-state index in [0.29, 0.717) is 25.6 Å². The molecule has 1 aliphatic heterocycles. The molecule has 29 heavy (non-hydrogen) atoms. The van der Waals surface area contributed by atoms with E-state index in [9.17, 15) is 4.79 Å². The Morgan fingerprint density at radius 3 is 2.59 bits per heavy atom. The molecule has 0 saturated carbocycles. The number of hydrogen-bond donors (Lipinski definition) is 3. The lowest BCUT2D eigenvalue weighted by Gasteiger charge is -2.29. The van der Waals surface area contributed by atoms with Gasteiger partial charge in [0.1, 0.15) is 11.4 Å². The van der Waals surface area contributed by atoms with Crippen molar-refractivity contribution in [3.05, 3.63) is 23.9 Å². The van der Waals surface area contributed by atoms with Gasteiger partial charge in [-0.15, -0.1) is 24.0 Å². The zero-order chi connectivity index (χ0) is 20.4. The van der Waals surface area contributed by atoms with Gasteiger partial charge in [0.25, 0.3) is 0 Å². The number of carbonyl (C=O) groups is 1. The number of halogens is 1. The number of hydrogen-bond acceptors (Lipinski definition) is 6. The van der Waals surface area contributed by atoms with E-state index >= 15 is 0 Å². The highest BCUT2D eigenvalue weighted by Crippen LogP contribution is 2.18. The van der Waals surface area contributed by atoms with E-state index in [-0.39, 0.29) is 24.0 Å². The molecule has 1 aromatic rings. The Morgan fingerprint density at radius 1 is 1.24 bits per heavy atom. The normalized spacial score (nSPS) is 14.6. The fourth-order valence-corrected chi connectivity index (χ4v) is 2.69. The van der Waals surface area contributed by atoms with Crippen LogP contribution < -0.4 is 20.9 Å². The summed E-state index contributed by atoms with van der Waals surface area (Å²) in [6.07, 6.45) is 1.38. The van der Waals surface area contributed by atoms with Crippen molar-refractivity contribution in [3.8, 4) is 0 Å². The zero-order valence-electron chi connectivity index (χ0n) is 17.7. The summed E-state index contributed by atoms with van der Waals surface area (Å²) in [5.74, 6) is 1.63. The number of pyridine rings is 1. The Kier molecular flexibility index (Phi) is 11.0. The second-order valence-electron chi connectivity index (χ2n) is 7.37. The number of amides is 1. The molecule has 10 heteroatoms. The highest BCUT2D eigenvalue weighted by Gasteiger charge is 2.16. The van der Waals surface area contributed by atoms with Gasteiger partial charge in [0.05, 0.1) is 13.2 Å². The van der Waals surface area contributed by atoms with Gasteiger partial charge >= 0.3 is 6.09 Å². The van der Waals surface area contributed by atoms with E-state index in [0.717, 1.165) is 37.7 Å². The molecule has 0 atom stereocenters.